The van der Waals surface area contributed by atoms with Gasteiger partial charge in [-0.2, -0.15) is 0 Å². The summed E-state index contributed by atoms with van der Waals surface area (Å²) in [6.07, 6.45) is 2.15. The van der Waals surface area contributed by atoms with E-state index in [9.17, 15) is 5.11 Å². The molecule has 1 fully saturated rings. The summed E-state index contributed by atoms with van der Waals surface area (Å²) in [6, 6.07) is 18.7. The lowest BCUT2D eigenvalue weighted by atomic mass is 9.75. The second kappa shape index (κ2) is 6.61. The summed E-state index contributed by atoms with van der Waals surface area (Å²) in [5.41, 5.74) is 2.39. The summed E-state index contributed by atoms with van der Waals surface area (Å²) in [6.45, 7) is 0.122. The molecular formula is C18H20ClNO. The number of hydrogen-bond acceptors (Lipinski definition) is 2. The van der Waals surface area contributed by atoms with Crippen molar-refractivity contribution in [3.8, 4) is 0 Å². The first-order valence-electron chi connectivity index (χ1n) is 7.44. The normalized spacial score (nSPS) is 22.6. The van der Waals surface area contributed by atoms with E-state index in [-0.39, 0.29) is 12.6 Å². The van der Waals surface area contributed by atoms with Gasteiger partial charge in [-0.25, -0.2) is 0 Å². The van der Waals surface area contributed by atoms with Crippen molar-refractivity contribution in [3.05, 3.63) is 70.7 Å². The summed E-state index contributed by atoms with van der Waals surface area (Å²) in [4.78, 5) is 0. The fourth-order valence-corrected chi connectivity index (χ4v) is 3.33. The molecule has 0 spiro atoms. The highest BCUT2D eigenvalue weighted by Crippen LogP contribution is 2.40. The smallest absolute Gasteiger partial charge is 0.0626 e. The highest BCUT2D eigenvalue weighted by Gasteiger charge is 2.32. The van der Waals surface area contributed by atoms with Gasteiger partial charge in [-0.1, -0.05) is 60.1 Å². The molecule has 110 valence electrons. The molecule has 1 aliphatic carbocycles. The lowest BCUT2D eigenvalue weighted by Gasteiger charge is -2.39. The Kier molecular flexibility index (Phi) is 4.59. The number of benzene rings is 2. The fraction of sp³-hybridized carbons (Fsp3) is 0.333. The molecule has 1 atom stereocenters. The molecule has 3 rings (SSSR count). The molecule has 2 aromatic rings. The maximum absolute atomic E-state index is 9.59. The van der Waals surface area contributed by atoms with E-state index in [0.29, 0.717) is 12.0 Å². The van der Waals surface area contributed by atoms with Crippen LogP contribution in [-0.4, -0.2) is 17.8 Å². The summed E-state index contributed by atoms with van der Waals surface area (Å²) < 4.78 is 0. The van der Waals surface area contributed by atoms with E-state index in [0.717, 1.165) is 23.4 Å². The first-order chi connectivity index (χ1) is 10.3. The van der Waals surface area contributed by atoms with Crippen LogP contribution in [0.3, 0.4) is 0 Å². The molecule has 2 nitrogen and oxygen atoms in total. The number of aliphatic hydroxyl groups excluding tert-OH is 1. The number of halogens is 1. The standard InChI is InChI=1S/C18H20ClNO/c19-17-9-5-4-8-16(17)14-10-15(11-14)20-18(12-21)13-6-2-1-3-7-13/h1-9,14-15,18,20-21H,10-12H2/t14?,15?,18-/m0/s1. The Balaban J connectivity index is 1.58. The molecule has 0 amide bonds. The van der Waals surface area contributed by atoms with Crippen molar-refractivity contribution in [3.63, 3.8) is 0 Å². The zero-order valence-corrected chi connectivity index (χ0v) is 12.6. The number of aliphatic hydroxyl groups is 1. The zero-order chi connectivity index (χ0) is 14.7. The van der Waals surface area contributed by atoms with E-state index in [1.807, 2.05) is 36.4 Å². The van der Waals surface area contributed by atoms with Crippen LogP contribution in [0.4, 0.5) is 0 Å². The van der Waals surface area contributed by atoms with Crippen molar-refractivity contribution in [2.24, 2.45) is 0 Å². The Morgan fingerprint density at radius 2 is 1.71 bits per heavy atom. The summed E-state index contributed by atoms with van der Waals surface area (Å²) in [5.74, 6) is 0.534. The van der Waals surface area contributed by atoms with Gasteiger partial charge in [-0.15, -0.1) is 0 Å². The Hall–Kier alpha value is -1.35. The zero-order valence-electron chi connectivity index (χ0n) is 11.9. The molecule has 0 radical (unpaired) electrons. The summed E-state index contributed by atoms with van der Waals surface area (Å²) >= 11 is 6.25. The van der Waals surface area contributed by atoms with Gasteiger partial charge < -0.3 is 10.4 Å². The Bertz CT molecular complexity index is 581. The van der Waals surface area contributed by atoms with E-state index in [2.05, 4.69) is 23.5 Å². The highest BCUT2D eigenvalue weighted by atomic mass is 35.5. The minimum Gasteiger partial charge on any atom is -0.394 e. The molecule has 0 saturated heterocycles. The van der Waals surface area contributed by atoms with Gasteiger partial charge in [-0.3, -0.25) is 0 Å². The maximum atomic E-state index is 9.59. The second-order valence-electron chi connectivity index (χ2n) is 5.70. The SMILES string of the molecule is OC[C@H](NC1CC(c2ccccc2Cl)C1)c1ccccc1. The van der Waals surface area contributed by atoms with Gasteiger partial charge in [0.25, 0.3) is 0 Å². The molecule has 2 aromatic carbocycles. The van der Waals surface area contributed by atoms with Gasteiger partial charge >= 0.3 is 0 Å². The number of rotatable bonds is 5. The predicted molar refractivity (Wildman–Crippen MR) is 86.6 cm³/mol. The van der Waals surface area contributed by atoms with Crippen LogP contribution in [0, 0.1) is 0 Å². The van der Waals surface area contributed by atoms with Crippen molar-refractivity contribution in [1.29, 1.82) is 0 Å². The third kappa shape index (κ3) is 3.29. The monoisotopic (exact) mass is 301 g/mol. The third-order valence-electron chi connectivity index (χ3n) is 4.30. The van der Waals surface area contributed by atoms with E-state index < -0.39 is 0 Å². The third-order valence-corrected chi connectivity index (χ3v) is 4.65. The molecule has 3 heteroatoms. The molecule has 0 aliphatic heterocycles. The number of hydrogen-bond donors (Lipinski definition) is 2. The van der Waals surface area contributed by atoms with Crippen molar-refractivity contribution in [2.75, 3.05) is 6.61 Å². The van der Waals surface area contributed by atoms with Crippen LogP contribution in [0.1, 0.15) is 35.9 Å². The van der Waals surface area contributed by atoms with Crippen LogP contribution in [0.15, 0.2) is 54.6 Å². The van der Waals surface area contributed by atoms with Crippen LogP contribution in [0.2, 0.25) is 5.02 Å². The topological polar surface area (TPSA) is 32.3 Å². The van der Waals surface area contributed by atoms with Gasteiger partial charge in [0.15, 0.2) is 0 Å². The second-order valence-corrected chi connectivity index (χ2v) is 6.11. The van der Waals surface area contributed by atoms with E-state index >= 15 is 0 Å². The van der Waals surface area contributed by atoms with Gasteiger partial charge in [0.2, 0.25) is 0 Å². The van der Waals surface area contributed by atoms with Crippen LogP contribution < -0.4 is 5.32 Å². The molecule has 21 heavy (non-hydrogen) atoms. The predicted octanol–water partition coefficient (Wildman–Crippen LogP) is 3.91. The maximum Gasteiger partial charge on any atom is 0.0626 e. The highest BCUT2D eigenvalue weighted by molar-refractivity contribution is 6.31. The van der Waals surface area contributed by atoms with Crippen LogP contribution >= 0.6 is 11.6 Å². The Labute approximate surface area is 130 Å². The minimum absolute atomic E-state index is 0.0170. The average Bonchev–Trinajstić information content (AvgIpc) is 2.48. The van der Waals surface area contributed by atoms with E-state index in [1.54, 1.807) is 0 Å². The molecule has 0 aromatic heterocycles. The molecule has 1 saturated carbocycles. The lowest BCUT2D eigenvalue weighted by Crippen LogP contribution is -2.43. The quantitative estimate of drug-likeness (QED) is 0.877. The van der Waals surface area contributed by atoms with E-state index in [4.69, 9.17) is 11.6 Å². The first kappa shape index (κ1) is 14.6. The summed E-state index contributed by atoms with van der Waals surface area (Å²) in [5, 5.41) is 14.0. The van der Waals surface area contributed by atoms with Gasteiger partial charge in [0.1, 0.15) is 0 Å². The minimum atomic E-state index is 0.0170. The molecule has 0 heterocycles. The molecule has 0 bridgehead atoms. The lowest BCUT2D eigenvalue weighted by molar-refractivity contribution is 0.197. The summed E-state index contributed by atoms with van der Waals surface area (Å²) in [7, 11) is 0. The Morgan fingerprint density at radius 1 is 1.05 bits per heavy atom. The van der Waals surface area contributed by atoms with Gasteiger partial charge in [-0.05, 0) is 36.0 Å². The fourth-order valence-electron chi connectivity index (χ4n) is 3.04. The van der Waals surface area contributed by atoms with Crippen molar-refractivity contribution in [1.82, 2.24) is 5.32 Å². The molecular weight excluding hydrogens is 282 g/mol. The Morgan fingerprint density at radius 3 is 2.38 bits per heavy atom. The van der Waals surface area contributed by atoms with Crippen LogP contribution in [0.25, 0.3) is 0 Å². The average molecular weight is 302 g/mol. The van der Waals surface area contributed by atoms with Gasteiger partial charge in [0, 0.05) is 11.1 Å². The van der Waals surface area contributed by atoms with Crippen LogP contribution in [-0.2, 0) is 0 Å². The molecule has 1 aliphatic rings. The largest absolute Gasteiger partial charge is 0.394 e. The van der Waals surface area contributed by atoms with Crippen LogP contribution in [0.5, 0.6) is 0 Å². The van der Waals surface area contributed by atoms with Crippen molar-refractivity contribution < 1.29 is 5.11 Å². The first-order valence-corrected chi connectivity index (χ1v) is 7.82. The van der Waals surface area contributed by atoms with Gasteiger partial charge in [0.05, 0.1) is 12.6 Å². The molecule has 2 N–H and O–H groups in total. The number of nitrogens with one attached hydrogen (secondary N) is 1. The van der Waals surface area contributed by atoms with Crippen molar-refractivity contribution >= 4 is 11.6 Å². The van der Waals surface area contributed by atoms with Crippen molar-refractivity contribution in [2.45, 2.75) is 30.8 Å². The van der Waals surface area contributed by atoms with E-state index in [1.165, 1.54) is 5.56 Å². The molecule has 0 unspecified atom stereocenters.